The summed E-state index contributed by atoms with van der Waals surface area (Å²) in [7, 11) is -1.58. The Morgan fingerprint density at radius 1 is 1.22 bits per heavy atom. The molecular weight excluding hydrogens is 246 g/mol. The molecule has 0 aliphatic rings. The van der Waals surface area contributed by atoms with Crippen LogP contribution in [0.2, 0.25) is 0 Å². The van der Waals surface area contributed by atoms with Crippen molar-refractivity contribution >= 4 is 32.5 Å². The Kier molecular flexibility index (Phi) is 12.9. The van der Waals surface area contributed by atoms with Crippen LogP contribution in [0.5, 0.6) is 0 Å². The molecule has 0 aromatic heterocycles. The van der Waals surface area contributed by atoms with Crippen LogP contribution in [0.4, 0.5) is 0 Å². The summed E-state index contributed by atoms with van der Waals surface area (Å²) in [4.78, 5) is 8.67. The van der Waals surface area contributed by atoms with Crippen LogP contribution in [0.25, 0.3) is 0 Å². The molecule has 0 amide bonds. The molecule has 2 radical (unpaired) electrons. The van der Waals surface area contributed by atoms with E-state index in [1.807, 2.05) is 13.8 Å². The van der Waals surface area contributed by atoms with Crippen LogP contribution < -0.4 is 0 Å². The van der Waals surface area contributed by atoms with Gasteiger partial charge in [0.25, 0.3) is 0 Å². The van der Waals surface area contributed by atoms with Crippen molar-refractivity contribution in [2.75, 3.05) is 13.2 Å². The van der Waals surface area contributed by atoms with Crippen molar-refractivity contribution in [3.63, 3.8) is 0 Å². The molecule has 0 fully saturated rings. The fourth-order valence-corrected chi connectivity index (χ4v) is 0.774. The Morgan fingerprint density at radius 2 is 1.56 bits per heavy atom. The summed E-state index contributed by atoms with van der Waals surface area (Å²) in [5.74, 6) is 0. The monoisotopic (exact) mass is 260 g/mol. The molecule has 0 aliphatic carbocycles. The zero-order valence-corrected chi connectivity index (χ0v) is 10.8. The average Bonchev–Trinajstić information content (AvgIpc) is 1.68. The molecule has 0 atom stereocenters. The molecule has 1 N–H and O–H groups in total. The predicted molar refractivity (Wildman–Crippen MR) is 40.9 cm³/mol. The van der Waals surface area contributed by atoms with E-state index >= 15 is 0 Å². The molecular formula is C4H13O3PSn. The fraction of sp³-hybridized carbons (Fsp3) is 1.00. The summed E-state index contributed by atoms with van der Waals surface area (Å²) in [5.41, 5.74) is 0. The quantitative estimate of drug-likeness (QED) is 0.585. The van der Waals surface area contributed by atoms with Gasteiger partial charge < -0.3 is 13.9 Å². The Balaban J connectivity index is 0. The Labute approximate surface area is 73.7 Å². The molecule has 0 saturated carbocycles. The van der Waals surface area contributed by atoms with Gasteiger partial charge >= 0.3 is 32.5 Å². The Bertz CT molecular complexity index is 49.1. The normalized spacial score (nSPS) is 9.33. The second kappa shape index (κ2) is 9.11. The van der Waals surface area contributed by atoms with Crippen LogP contribution >= 0.6 is 8.60 Å². The van der Waals surface area contributed by atoms with Gasteiger partial charge in [0.2, 0.25) is 0 Å². The second-order valence-electron chi connectivity index (χ2n) is 1.07. The van der Waals surface area contributed by atoms with Crippen LogP contribution in [-0.2, 0) is 9.05 Å². The van der Waals surface area contributed by atoms with Crippen molar-refractivity contribution in [2.45, 2.75) is 13.8 Å². The molecule has 56 valence electrons. The molecule has 3 nitrogen and oxygen atoms in total. The summed E-state index contributed by atoms with van der Waals surface area (Å²) < 4.78 is 9.36. The molecule has 0 bridgehead atoms. The minimum absolute atomic E-state index is 0. The van der Waals surface area contributed by atoms with E-state index in [0.29, 0.717) is 13.2 Å². The molecule has 0 unspecified atom stereocenters. The van der Waals surface area contributed by atoms with Crippen LogP contribution in [0.1, 0.15) is 13.8 Å². The molecule has 9 heavy (non-hydrogen) atoms. The van der Waals surface area contributed by atoms with Crippen molar-refractivity contribution in [1.82, 2.24) is 0 Å². The Morgan fingerprint density at radius 3 is 1.78 bits per heavy atom. The molecule has 0 rings (SSSR count). The molecule has 0 heterocycles. The summed E-state index contributed by atoms with van der Waals surface area (Å²) in [6, 6.07) is 0. The number of hydrogen-bond acceptors (Lipinski definition) is 3. The third kappa shape index (κ3) is 9.11. The van der Waals surface area contributed by atoms with E-state index < -0.39 is 8.60 Å². The molecule has 0 aromatic rings. The van der Waals surface area contributed by atoms with E-state index in [1.165, 1.54) is 0 Å². The van der Waals surface area contributed by atoms with Crippen LogP contribution in [0.3, 0.4) is 0 Å². The van der Waals surface area contributed by atoms with E-state index in [0.717, 1.165) is 0 Å². The van der Waals surface area contributed by atoms with Gasteiger partial charge in [-0.05, 0) is 13.8 Å². The first-order chi connectivity index (χ1) is 3.81. The van der Waals surface area contributed by atoms with Crippen molar-refractivity contribution < 1.29 is 13.9 Å². The molecule has 0 saturated heterocycles. The van der Waals surface area contributed by atoms with Gasteiger partial charge in [0.1, 0.15) is 0 Å². The van der Waals surface area contributed by atoms with Gasteiger partial charge in [0, 0.05) is 0 Å². The van der Waals surface area contributed by atoms with Crippen molar-refractivity contribution in [2.24, 2.45) is 0 Å². The fourth-order valence-electron chi connectivity index (χ4n) is 0.258. The molecule has 5 heteroatoms. The number of hydrogen-bond donors (Lipinski definition) is 1. The zero-order valence-electron chi connectivity index (χ0n) is 5.83. The summed E-state index contributed by atoms with van der Waals surface area (Å²) >= 11 is 0. The molecule has 0 aliphatic heterocycles. The third-order valence-corrected chi connectivity index (χ3v) is 1.44. The first-order valence-electron chi connectivity index (χ1n) is 2.56. The molecule has 0 aromatic carbocycles. The van der Waals surface area contributed by atoms with Gasteiger partial charge in [0.05, 0.1) is 13.2 Å². The van der Waals surface area contributed by atoms with Crippen LogP contribution in [0.15, 0.2) is 0 Å². The van der Waals surface area contributed by atoms with Crippen LogP contribution in [0, 0.1) is 0 Å². The van der Waals surface area contributed by atoms with Gasteiger partial charge in [-0.1, -0.05) is 0 Å². The topological polar surface area (TPSA) is 38.7 Å². The third-order valence-electron chi connectivity index (χ3n) is 0.479. The van der Waals surface area contributed by atoms with Gasteiger partial charge in [-0.25, -0.2) is 0 Å². The van der Waals surface area contributed by atoms with Crippen LogP contribution in [-0.4, -0.2) is 42.0 Å². The maximum atomic E-state index is 8.67. The van der Waals surface area contributed by atoms with Gasteiger partial charge in [-0.3, -0.25) is 0 Å². The van der Waals surface area contributed by atoms with Crippen molar-refractivity contribution in [3.05, 3.63) is 0 Å². The summed E-state index contributed by atoms with van der Waals surface area (Å²) in [6.45, 7) is 4.62. The van der Waals surface area contributed by atoms with Crippen molar-refractivity contribution in [3.8, 4) is 0 Å². The SMILES string of the molecule is CCOP(O)OCC.[SnH2]. The average molecular weight is 259 g/mol. The first-order valence-corrected chi connectivity index (χ1v) is 3.69. The predicted octanol–water partition coefficient (Wildman–Crippen LogP) is 0.362. The van der Waals surface area contributed by atoms with Gasteiger partial charge in [0.15, 0.2) is 0 Å². The van der Waals surface area contributed by atoms with Crippen molar-refractivity contribution in [1.29, 1.82) is 0 Å². The number of rotatable bonds is 4. The van der Waals surface area contributed by atoms with E-state index in [1.54, 1.807) is 0 Å². The maximum absolute atomic E-state index is 8.67. The minimum atomic E-state index is -1.58. The van der Waals surface area contributed by atoms with E-state index in [-0.39, 0.29) is 23.9 Å². The van der Waals surface area contributed by atoms with E-state index in [2.05, 4.69) is 9.05 Å². The zero-order chi connectivity index (χ0) is 6.41. The first kappa shape index (κ1) is 12.8. The van der Waals surface area contributed by atoms with E-state index in [4.69, 9.17) is 4.89 Å². The molecule has 0 spiro atoms. The Hall–Kier alpha value is 1.11. The summed E-state index contributed by atoms with van der Waals surface area (Å²) in [6.07, 6.45) is 0. The van der Waals surface area contributed by atoms with Gasteiger partial charge in [-0.15, -0.1) is 0 Å². The standard InChI is InChI=1S/C4H11O3P.Sn.2H/c1-3-6-8(5)7-4-2;;;/h5H,3-4H2,1-2H3;;;. The summed E-state index contributed by atoms with van der Waals surface area (Å²) in [5, 5.41) is 0. The van der Waals surface area contributed by atoms with E-state index in [9.17, 15) is 0 Å². The second-order valence-corrected chi connectivity index (χ2v) is 2.07. The van der Waals surface area contributed by atoms with Gasteiger partial charge in [-0.2, -0.15) is 0 Å².